The molecule has 0 aromatic rings. The topological polar surface area (TPSA) is 32.7 Å². The maximum absolute atomic E-state index is 10.2. The van der Waals surface area contributed by atoms with Crippen molar-refractivity contribution >= 4 is 0 Å². The van der Waals surface area contributed by atoms with E-state index in [0.717, 1.165) is 43.3 Å². The van der Waals surface area contributed by atoms with Crippen LogP contribution < -0.4 is 0 Å². The Kier molecular flexibility index (Phi) is 4.68. The molecule has 0 spiro atoms. The summed E-state index contributed by atoms with van der Waals surface area (Å²) < 4.78 is 6.19. The van der Waals surface area contributed by atoms with Gasteiger partial charge < -0.3 is 14.7 Å². The summed E-state index contributed by atoms with van der Waals surface area (Å²) in [6.07, 6.45) is 7.19. The minimum absolute atomic E-state index is 0.327. The number of rotatable bonds is 7. The summed E-state index contributed by atoms with van der Waals surface area (Å²) in [6, 6.07) is 0. The predicted octanol–water partition coefficient (Wildman–Crippen LogP) is 2.53. The lowest BCUT2D eigenvalue weighted by molar-refractivity contribution is -0.141. The van der Waals surface area contributed by atoms with Gasteiger partial charge in [-0.1, -0.05) is 13.8 Å². The van der Waals surface area contributed by atoms with Gasteiger partial charge in [-0.15, -0.1) is 0 Å². The summed E-state index contributed by atoms with van der Waals surface area (Å²) in [4.78, 5) is 2.27. The lowest BCUT2D eigenvalue weighted by Gasteiger charge is -2.54. The minimum atomic E-state index is -0.327. The van der Waals surface area contributed by atoms with Crippen molar-refractivity contribution in [2.75, 3.05) is 26.2 Å². The van der Waals surface area contributed by atoms with Gasteiger partial charge in [0.2, 0.25) is 0 Å². The molecule has 0 aromatic heterocycles. The second kappa shape index (κ2) is 6.33. The normalized spacial score (nSPS) is 40.5. The van der Waals surface area contributed by atoms with Crippen LogP contribution in [0.1, 0.15) is 46.0 Å². The molecular formula is C17H31NO2. The Labute approximate surface area is 123 Å². The highest BCUT2D eigenvalue weighted by Gasteiger charge is 2.48. The van der Waals surface area contributed by atoms with Gasteiger partial charge in [-0.2, -0.15) is 0 Å². The molecule has 3 nitrogen and oxygen atoms in total. The number of hydrogen-bond acceptors (Lipinski definition) is 3. The van der Waals surface area contributed by atoms with Crippen molar-refractivity contribution in [1.29, 1.82) is 0 Å². The molecule has 116 valence electrons. The Morgan fingerprint density at radius 3 is 2.05 bits per heavy atom. The van der Waals surface area contributed by atoms with Gasteiger partial charge in [0.15, 0.2) is 0 Å². The highest BCUT2D eigenvalue weighted by atomic mass is 16.5. The molecule has 1 atom stereocenters. The van der Waals surface area contributed by atoms with Crippen LogP contribution in [-0.4, -0.2) is 48.5 Å². The fraction of sp³-hybridized carbons (Fsp3) is 1.00. The third-order valence-electron chi connectivity index (χ3n) is 5.98. The van der Waals surface area contributed by atoms with E-state index >= 15 is 0 Å². The first-order chi connectivity index (χ1) is 9.69. The van der Waals surface area contributed by atoms with Crippen molar-refractivity contribution in [3.8, 4) is 0 Å². The van der Waals surface area contributed by atoms with Gasteiger partial charge in [0, 0.05) is 6.54 Å². The fourth-order valence-electron chi connectivity index (χ4n) is 5.20. The van der Waals surface area contributed by atoms with Gasteiger partial charge in [-0.05, 0) is 68.9 Å². The molecule has 4 fully saturated rings. The molecule has 0 unspecified atom stereocenters. The van der Waals surface area contributed by atoms with E-state index < -0.39 is 0 Å². The second-order valence-corrected chi connectivity index (χ2v) is 7.37. The number of aliphatic hydroxyl groups excluding tert-OH is 1. The monoisotopic (exact) mass is 281 g/mol. The molecule has 4 saturated carbocycles. The molecule has 4 bridgehead atoms. The lowest BCUT2D eigenvalue weighted by Crippen LogP contribution is -2.50. The van der Waals surface area contributed by atoms with E-state index in [1.165, 1.54) is 32.1 Å². The largest absolute Gasteiger partial charge is 0.389 e. The van der Waals surface area contributed by atoms with Crippen molar-refractivity contribution in [2.45, 2.75) is 58.2 Å². The van der Waals surface area contributed by atoms with Crippen LogP contribution in [0.3, 0.4) is 0 Å². The Hall–Kier alpha value is -0.120. The van der Waals surface area contributed by atoms with Crippen molar-refractivity contribution in [3.05, 3.63) is 0 Å². The molecule has 0 amide bonds. The Bertz CT molecular complexity index is 288. The zero-order chi connectivity index (χ0) is 14.1. The number of aliphatic hydroxyl groups is 1. The first-order valence-corrected chi connectivity index (χ1v) is 8.71. The molecule has 4 aliphatic carbocycles. The summed E-state index contributed by atoms with van der Waals surface area (Å²) >= 11 is 0. The molecular weight excluding hydrogens is 250 g/mol. The number of nitrogens with zero attached hydrogens (tertiary/aromatic N) is 1. The maximum atomic E-state index is 10.2. The van der Waals surface area contributed by atoms with Gasteiger partial charge in [-0.25, -0.2) is 0 Å². The number of hydrogen-bond donors (Lipinski definition) is 1. The van der Waals surface area contributed by atoms with Gasteiger partial charge in [0.25, 0.3) is 0 Å². The van der Waals surface area contributed by atoms with E-state index in [2.05, 4.69) is 18.7 Å². The lowest BCUT2D eigenvalue weighted by atomic mass is 9.55. The average Bonchev–Trinajstić information content (AvgIpc) is 2.43. The average molecular weight is 281 g/mol. The van der Waals surface area contributed by atoms with Crippen LogP contribution in [0.2, 0.25) is 0 Å². The first kappa shape index (κ1) is 14.8. The summed E-state index contributed by atoms with van der Waals surface area (Å²) in [5.41, 5.74) is 0. The summed E-state index contributed by atoms with van der Waals surface area (Å²) in [6.45, 7) is 7.59. The summed E-state index contributed by atoms with van der Waals surface area (Å²) in [5, 5.41) is 10.2. The van der Waals surface area contributed by atoms with Crippen LogP contribution in [0, 0.1) is 23.7 Å². The van der Waals surface area contributed by atoms with Crippen LogP contribution in [0.15, 0.2) is 0 Å². The fourth-order valence-corrected chi connectivity index (χ4v) is 5.20. The summed E-state index contributed by atoms with van der Waals surface area (Å²) in [7, 11) is 0. The zero-order valence-electron chi connectivity index (χ0n) is 13.1. The van der Waals surface area contributed by atoms with E-state index in [-0.39, 0.29) is 6.10 Å². The SMILES string of the molecule is CCN(CC)C[C@H](O)COC1C2CC3CC(C2)CC1C3. The predicted molar refractivity (Wildman–Crippen MR) is 80.6 cm³/mol. The van der Waals surface area contributed by atoms with Gasteiger partial charge in [0.1, 0.15) is 0 Å². The van der Waals surface area contributed by atoms with E-state index in [1.807, 2.05) is 0 Å². The van der Waals surface area contributed by atoms with Crippen LogP contribution in [0.4, 0.5) is 0 Å². The first-order valence-electron chi connectivity index (χ1n) is 8.71. The summed E-state index contributed by atoms with van der Waals surface area (Å²) in [5.74, 6) is 3.59. The molecule has 0 radical (unpaired) electrons. The van der Waals surface area contributed by atoms with E-state index in [1.54, 1.807) is 0 Å². The molecule has 4 rings (SSSR count). The van der Waals surface area contributed by atoms with Crippen LogP contribution in [-0.2, 0) is 4.74 Å². The van der Waals surface area contributed by atoms with E-state index in [4.69, 9.17) is 4.74 Å². The van der Waals surface area contributed by atoms with Crippen molar-refractivity contribution in [2.24, 2.45) is 23.7 Å². The number of likely N-dealkylation sites (N-methyl/N-ethyl adjacent to an activating group) is 1. The van der Waals surface area contributed by atoms with E-state index in [0.29, 0.717) is 12.7 Å². The maximum Gasteiger partial charge on any atom is 0.0900 e. The van der Waals surface area contributed by atoms with Gasteiger partial charge >= 0.3 is 0 Å². The highest BCUT2D eigenvalue weighted by Crippen LogP contribution is 2.54. The third kappa shape index (κ3) is 3.05. The molecule has 4 aliphatic rings. The van der Waals surface area contributed by atoms with Gasteiger partial charge in [0.05, 0.1) is 18.8 Å². The van der Waals surface area contributed by atoms with Gasteiger partial charge in [-0.3, -0.25) is 0 Å². The molecule has 20 heavy (non-hydrogen) atoms. The quantitative estimate of drug-likeness (QED) is 0.778. The van der Waals surface area contributed by atoms with Crippen molar-refractivity contribution < 1.29 is 9.84 Å². The Balaban J connectivity index is 1.46. The molecule has 0 aromatic carbocycles. The standard InChI is InChI=1S/C17H31NO2/c1-3-18(4-2)10-16(19)11-20-17-14-6-12-5-13(8-14)9-15(17)7-12/h12-17,19H,3-11H2,1-2H3/t12?,13?,14?,15?,16-,17?/m0/s1. The van der Waals surface area contributed by atoms with Crippen LogP contribution in [0.25, 0.3) is 0 Å². The second-order valence-electron chi connectivity index (χ2n) is 7.37. The zero-order valence-corrected chi connectivity index (χ0v) is 13.1. The van der Waals surface area contributed by atoms with Crippen molar-refractivity contribution in [3.63, 3.8) is 0 Å². The Morgan fingerprint density at radius 1 is 1.00 bits per heavy atom. The highest BCUT2D eigenvalue weighted by molar-refractivity contribution is 4.99. The molecule has 0 aliphatic heterocycles. The van der Waals surface area contributed by atoms with Crippen molar-refractivity contribution in [1.82, 2.24) is 4.90 Å². The van der Waals surface area contributed by atoms with Crippen LogP contribution in [0.5, 0.6) is 0 Å². The third-order valence-corrected chi connectivity index (χ3v) is 5.98. The molecule has 0 heterocycles. The smallest absolute Gasteiger partial charge is 0.0900 e. The van der Waals surface area contributed by atoms with Crippen LogP contribution >= 0.6 is 0 Å². The molecule has 1 N–H and O–H groups in total. The molecule has 0 saturated heterocycles. The minimum Gasteiger partial charge on any atom is -0.389 e. The number of ether oxygens (including phenoxy) is 1. The Morgan fingerprint density at radius 2 is 1.55 bits per heavy atom. The molecule has 3 heteroatoms. The van der Waals surface area contributed by atoms with E-state index in [9.17, 15) is 5.11 Å².